The summed E-state index contributed by atoms with van der Waals surface area (Å²) in [6, 6.07) is 0. The first-order valence-corrected chi connectivity index (χ1v) is 5.73. The molecule has 0 atom stereocenters. The first-order chi connectivity index (χ1) is 8.13. The lowest BCUT2D eigenvalue weighted by atomic mass is 10.6. The second-order valence-electron chi connectivity index (χ2n) is 2.78. The SMILES string of the molecule is COCCOC(=O)COC(=O)C(F)(F)S(=O)(=O)O. The average Bonchev–Trinajstić information content (AvgIpc) is 2.24. The van der Waals surface area contributed by atoms with Crippen molar-refractivity contribution in [1.82, 2.24) is 0 Å². The van der Waals surface area contributed by atoms with Crippen LogP contribution in [0.15, 0.2) is 0 Å². The smallest absolute Gasteiger partial charge is 0.461 e. The van der Waals surface area contributed by atoms with Crippen LogP contribution in [0.2, 0.25) is 0 Å². The lowest BCUT2D eigenvalue weighted by Crippen LogP contribution is -2.39. The number of halogens is 2. The van der Waals surface area contributed by atoms with E-state index in [0.29, 0.717) is 0 Å². The van der Waals surface area contributed by atoms with Crippen LogP contribution >= 0.6 is 0 Å². The lowest BCUT2D eigenvalue weighted by molar-refractivity contribution is -0.169. The molecule has 0 aromatic carbocycles. The Kier molecular flexibility index (Phi) is 6.08. The van der Waals surface area contributed by atoms with Gasteiger partial charge in [-0.15, -0.1) is 0 Å². The molecule has 0 spiro atoms. The summed E-state index contributed by atoms with van der Waals surface area (Å²) in [6.07, 6.45) is 0. The highest BCUT2D eigenvalue weighted by atomic mass is 32.2. The van der Waals surface area contributed by atoms with Gasteiger partial charge < -0.3 is 14.2 Å². The van der Waals surface area contributed by atoms with Crippen molar-refractivity contribution in [3.05, 3.63) is 0 Å². The van der Waals surface area contributed by atoms with Crippen LogP contribution in [0.3, 0.4) is 0 Å². The highest BCUT2D eigenvalue weighted by Gasteiger charge is 2.54. The molecular formula is C7H10F2O8S. The third-order valence-electron chi connectivity index (χ3n) is 1.43. The molecule has 18 heavy (non-hydrogen) atoms. The number of hydrogen-bond acceptors (Lipinski definition) is 7. The minimum absolute atomic E-state index is 0.0425. The van der Waals surface area contributed by atoms with Crippen LogP contribution in [0, 0.1) is 0 Å². The number of esters is 2. The van der Waals surface area contributed by atoms with Crippen molar-refractivity contribution >= 4 is 22.1 Å². The number of carbonyl (C=O) groups excluding carboxylic acids is 2. The third kappa shape index (κ3) is 4.89. The molecule has 1 N–H and O–H groups in total. The first kappa shape index (κ1) is 16.7. The van der Waals surface area contributed by atoms with E-state index in [1.54, 1.807) is 0 Å². The van der Waals surface area contributed by atoms with Gasteiger partial charge in [-0.2, -0.15) is 17.2 Å². The summed E-state index contributed by atoms with van der Waals surface area (Å²) < 4.78 is 66.0. The molecule has 0 heterocycles. The second-order valence-corrected chi connectivity index (χ2v) is 4.24. The van der Waals surface area contributed by atoms with Crippen LogP contribution in [-0.4, -0.2) is 57.1 Å². The molecule has 0 radical (unpaired) electrons. The van der Waals surface area contributed by atoms with Crippen LogP contribution < -0.4 is 0 Å². The van der Waals surface area contributed by atoms with Crippen molar-refractivity contribution in [3.63, 3.8) is 0 Å². The van der Waals surface area contributed by atoms with Gasteiger partial charge in [-0.25, -0.2) is 9.59 Å². The van der Waals surface area contributed by atoms with Gasteiger partial charge in [0.25, 0.3) is 0 Å². The zero-order valence-electron chi connectivity index (χ0n) is 9.09. The molecule has 0 aromatic rings. The fraction of sp³-hybridized carbons (Fsp3) is 0.714. The van der Waals surface area contributed by atoms with E-state index in [1.165, 1.54) is 7.11 Å². The van der Waals surface area contributed by atoms with E-state index < -0.39 is 33.9 Å². The summed E-state index contributed by atoms with van der Waals surface area (Å²) in [5, 5.41) is -5.14. The molecular weight excluding hydrogens is 282 g/mol. The molecule has 0 aliphatic heterocycles. The zero-order chi connectivity index (χ0) is 14.4. The molecule has 11 heteroatoms. The standard InChI is InChI=1S/C7H10F2O8S/c1-15-2-3-16-5(10)4-17-6(11)7(8,9)18(12,13)14/h2-4H2,1H3,(H,12,13,14). The van der Waals surface area contributed by atoms with Gasteiger partial charge in [-0.1, -0.05) is 0 Å². The van der Waals surface area contributed by atoms with E-state index in [4.69, 9.17) is 4.55 Å². The second kappa shape index (κ2) is 6.56. The molecule has 0 saturated heterocycles. The predicted octanol–water partition coefficient (Wildman–Crippen LogP) is -0.800. The highest BCUT2D eigenvalue weighted by Crippen LogP contribution is 2.21. The fourth-order valence-electron chi connectivity index (χ4n) is 0.594. The van der Waals surface area contributed by atoms with Crippen molar-refractivity contribution in [2.75, 3.05) is 26.9 Å². The molecule has 106 valence electrons. The van der Waals surface area contributed by atoms with E-state index in [9.17, 15) is 26.8 Å². The maximum atomic E-state index is 12.6. The number of carbonyl (C=O) groups is 2. The van der Waals surface area contributed by atoms with Gasteiger partial charge in [0.15, 0.2) is 6.61 Å². The van der Waals surface area contributed by atoms with Gasteiger partial charge in [-0.3, -0.25) is 4.55 Å². The van der Waals surface area contributed by atoms with E-state index in [0.717, 1.165) is 0 Å². The van der Waals surface area contributed by atoms with E-state index in [2.05, 4.69) is 14.2 Å². The topological polar surface area (TPSA) is 116 Å². The molecule has 0 rings (SSSR count). The Morgan fingerprint density at radius 1 is 1.22 bits per heavy atom. The van der Waals surface area contributed by atoms with Crippen molar-refractivity contribution in [3.8, 4) is 0 Å². The molecule has 0 bridgehead atoms. The molecule has 0 unspecified atom stereocenters. The number of rotatable bonds is 7. The Morgan fingerprint density at radius 3 is 2.22 bits per heavy atom. The summed E-state index contributed by atoms with van der Waals surface area (Å²) in [7, 11) is -4.63. The summed E-state index contributed by atoms with van der Waals surface area (Å²) in [5.74, 6) is -3.75. The lowest BCUT2D eigenvalue weighted by Gasteiger charge is -2.11. The Bertz CT molecular complexity index is 404. The summed E-state index contributed by atoms with van der Waals surface area (Å²) in [5.41, 5.74) is 0. The monoisotopic (exact) mass is 292 g/mol. The minimum Gasteiger partial charge on any atom is -0.461 e. The molecule has 0 saturated carbocycles. The Hall–Kier alpha value is -1.33. The Balaban J connectivity index is 4.23. The maximum Gasteiger partial charge on any atom is 0.465 e. The fourth-order valence-corrected chi connectivity index (χ4v) is 0.864. The normalized spacial score (nSPS) is 12.0. The van der Waals surface area contributed by atoms with Crippen molar-refractivity contribution < 1.29 is 45.6 Å². The van der Waals surface area contributed by atoms with Crippen molar-refractivity contribution in [1.29, 1.82) is 0 Å². The highest BCUT2D eigenvalue weighted by molar-refractivity contribution is 7.87. The van der Waals surface area contributed by atoms with Gasteiger partial charge in [0.2, 0.25) is 0 Å². The van der Waals surface area contributed by atoms with E-state index >= 15 is 0 Å². The van der Waals surface area contributed by atoms with Crippen LogP contribution in [0.1, 0.15) is 0 Å². The third-order valence-corrected chi connectivity index (χ3v) is 2.25. The van der Waals surface area contributed by atoms with Gasteiger partial charge in [-0.05, 0) is 0 Å². The van der Waals surface area contributed by atoms with Crippen molar-refractivity contribution in [2.24, 2.45) is 0 Å². The van der Waals surface area contributed by atoms with Crippen molar-refractivity contribution in [2.45, 2.75) is 5.25 Å². The van der Waals surface area contributed by atoms with Crippen LogP contribution in [0.25, 0.3) is 0 Å². The number of methoxy groups -OCH3 is 1. The summed E-state index contributed by atoms with van der Waals surface area (Å²) in [4.78, 5) is 21.4. The number of hydrogen-bond donors (Lipinski definition) is 1. The average molecular weight is 292 g/mol. The van der Waals surface area contributed by atoms with Crippen LogP contribution in [0.5, 0.6) is 0 Å². The van der Waals surface area contributed by atoms with Gasteiger partial charge in [0.05, 0.1) is 6.61 Å². The maximum absolute atomic E-state index is 12.6. The molecule has 0 aromatic heterocycles. The van der Waals surface area contributed by atoms with E-state index in [1.807, 2.05) is 0 Å². The number of alkyl halides is 2. The summed E-state index contributed by atoms with van der Waals surface area (Å²) in [6.45, 7) is -1.36. The van der Waals surface area contributed by atoms with Crippen LogP contribution in [-0.2, 0) is 33.9 Å². The minimum atomic E-state index is -5.95. The Morgan fingerprint density at radius 2 is 1.78 bits per heavy atom. The largest absolute Gasteiger partial charge is 0.465 e. The molecule has 0 aliphatic carbocycles. The number of ether oxygens (including phenoxy) is 3. The predicted molar refractivity (Wildman–Crippen MR) is 50.3 cm³/mol. The van der Waals surface area contributed by atoms with Gasteiger partial charge in [0, 0.05) is 7.11 Å². The molecule has 8 nitrogen and oxygen atoms in total. The summed E-state index contributed by atoms with van der Waals surface area (Å²) >= 11 is 0. The van der Waals surface area contributed by atoms with E-state index in [-0.39, 0.29) is 13.2 Å². The molecule has 0 amide bonds. The molecule has 0 fully saturated rings. The van der Waals surface area contributed by atoms with Gasteiger partial charge >= 0.3 is 27.3 Å². The van der Waals surface area contributed by atoms with Gasteiger partial charge in [0.1, 0.15) is 6.61 Å². The molecule has 0 aliphatic rings. The first-order valence-electron chi connectivity index (χ1n) is 4.29. The zero-order valence-corrected chi connectivity index (χ0v) is 9.91. The Labute approximate surface area is 101 Å². The quantitative estimate of drug-likeness (QED) is 0.368. The van der Waals surface area contributed by atoms with Crippen LogP contribution in [0.4, 0.5) is 8.78 Å².